The normalized spacial score (nSPS) is 10.9. The summed E-state index contributed by atoms with van der Waals surface area (Å²) in [4.78, 5) is 1.09. The van der Waals surface area contributed by atoms with Gasteiger partial charge in [0.2, 0.25) is 0 Å². The summed E-state index contributed by atoms with van der Waals surface area (Å²) in [6, 6.07) is 2.03. The minimum Gasteiger partial charge on any atom is -0.355 e. The molecular weight excluding hydrogens is 276 g/mol. The molecule has 80 valence electrons. The Morgan fingerprint density at radius 3 is 3.00 bits per heavy atom. The first kappa shape index (κ1) is 10.9. The van der Waals surface area contributed by atoms with Gasteiger partial charge in [-0.1, -0.05) is 5.16 Å². The van der Waals surface area contributed by atoms with Crippen LogP contribution in [-0.4, -0.2) is 11.7 Å². The molecule has 0 fully saturated rings. The van der Waals surface area contributed by atoms with Gasteiger partial charge in [-0.3, -0.25) is 0 Å². The number of aromatic nitrogens is 1. The number of nitrogens with two attached hydrogens (primary N) is 1. The fraction of sp³-hybridized carbons (Fsp3) is 0.300. The van der Waals surface area contributed by atoms with Crippen LogP contribution in [0.1, 0.15) is 11.3 Å². The Kier molecular flexibility index (Phi) is 3.23. The van der Waals surface area contributed by atoms with Crippen LogP contribution < -0.4 is 5.73 Å². The highest BCUT2D eigenvalue weighted by atomic mass is 79.9. The van der Waals surface area contributed by atoms with E-state index in [2.05, 4.69) is 21.1 Å². The van der Waals surface area contributed by atoms with Crippen LogP contribution in [0.4, 0.5) is 0 Å². The zero-order valence-corrected chi connectivity index (χ0v) is 10.7. The highest BCUT2D eigenvalue weighted by Crippen LogP contribution is 2.33. The van der Waals surface area contributed by atoms with Crippen molar-refractivity contribution in [3.8, 4) is 10.6 Å². The molecule has 0 bridgehead atoms. The maximum absolute atomic E-state index is 5.57. The molecule has 2 heterocycles. The smallest absolute Gasteiger partial charge is 0.180 e. The molecule has 0 aliphatic heterocycles. The number of thiophene rings is 1. The molecule has 2 rings (SSSR count). The molecule has 2 aromatic heterocycles. The Morgan fingerprint density at radius 2 is 2.40 bits per heavy atom. The summed E-state index contributed by atoms with van der Waals surface area (Å²) in [6.07, 6.45) is 0.806. The van der Waals surface area contributed by atoms with Gasteiger partial charge < -0.3 is 10.3 Å². The van der Waals surface area contributed by atoms with E-state index in [0.717, 1.165) is 32.8 Å². The molecule has 0 saturated heterocycles. The molecule has 0 spiro atoms. The Morgan fingerprint density at radius 1 is 1.60 bits per heavy atom. The Bertz CT molecular complexity index is 464. The van der Waals surface area contributed by atoms with Crippen LogP contribution in [0.15, 0.2) is 20.4 Å². The first-order chi connectivity index (χ1) is 7.22. The Labute approximate surface area is 100 Å². The lowest BCUT2D eigenvalue weighted by Gasteiger charge is -1.97. The molecule has 0 unspecified atom stereocenters. The molecule has 0 amide bonds. The summed E-state index contributed by atoms with van der Waals surface area (Å²) in [5.41, 5.74) is 7.61. The highest BCUT2D eigenvalue weighted by molar-refractivity contribution is 9.10. The molecule has 0 saturated carbocycles. The van der Waals surface area contributed by atoms with Crippen molar-refractivity contribution >= 4 is 27.3 Å². The molecule has 2 N–H and O–H groups in total. The number of hydrogen-bond donors (Lipinski definition) is 1. The molecular formula is C10H11BrN2OS. The first-order valence-corrected chi connectivity index (χ1v) is 6.29. The van der Waals surface area contributed by atoms with Gasteiger partial charge in [-0.15, -0.1) is 11.3 Å². The van der Waals surface area contributed by atoms with Gasteiger partial charge in [0.05, 0.1) is 10.6 Å². The standard InChI is InChI=1S/C10H11BrN2OS/c1-6-8(2-3-12)10(14-13-6)9-4-7(11)5-15-9/h4-5H,2-3,12H2,1H3. The molecule has 5 heteroatoms. The van der Waals surface area contributed by atoms with Crippen molar-refractivity contribution < 1.29 is 4.52 Å². The van der Waals surface area contributed by atoms with E-state index in [-0.39, 0.29) is 0 Å². The van der Waals surface area contributed by atoms with Crippen LogP contribution in [0.25, 0.3) is 10.6 Å². The summed E-state index contributed by atoms with van der Waals surface area (Å²) in [7, 11) is 0. The minimum atomic E-state index is 0.613. The van der Waals surface area contributed by atoms with Gasteiger partial charge in [-0.05, 0) is 41.9 Å². The van der Waals surface area contributed by atoms with E-state index >= 15 is 0 Å². The van der Waals surface area contributed by atoms with Gasteiger partial charge >= 0.3 is 0 Å². The number of hydrogen-bond acceptors (Lipinski definition) is 4. The van der Waals surface area contributed by atoms with Gasteiger partial charge in [-0.2, -0.15) is 0 Å². The Hall–Kier alpha value is -0.650. The molecule has 0 radical (unpaired) electrons. The number of halogens is 1. The van der Waals surface area contributed by atoms with E-state index in [4.69, 9.17) is 10.3 Å². The van der Waals surface area contributed by atoms with Crippen molar-refractivity contribution in [3.63, 3.8) is 0 Å². The van der Waals surface area contributed by atoms with E-state index in [0.29, 0.717) is 6.54 Å². The second-order valence-electron chi connectivity index (χ2n) is 3.24. The molecule has 0 aliphatic rings. The van der Waals surface area contributed by atoms with Crippen LogP contribution in [0.5, 0.6) is 0 Å². The monoisotopic (exact) mass is 286 g/mol. The van der Waals surface area contributed by atoms with Crippen molar-refractivity contribution in [2.75, 3.05) is 6.54 Å². The lowest BCUT2D eigenvalue weighted by atomic mass is 10.1. The van der Waals surface area contributed by atoms with Crippen molar-refractivity contribution in [1.29, 1.82) is 0 Å². The van der Waals surface area contributed by atoms with Gasteiger partial charge in [0.15, 0.2) is 5.76 Å². The van der Waals surface area contributed by atoms with Gasteiger partial charge in [-0.25, -0.2) is 0 Å². The SMILES string of the molecule is Cc1noc(-c2cc(Br)cs2)c1CCN. The third-order valence-corrected chi connectivity index (χ3v) is 3.86. The summed E-state index contributed by atoms with van der Waals surface area (Å²) in [5.74, 6) is 0.855. The summed E-state index contributed by atoms with van der Waals surface area (Å²) >= 11 is 5.06. The van der Waals surface area contributed by atoms with Crippen LogP contribution in [0.2, 0.25) is 0 Å². The Balaban J connectivity index is 2.43. The summed E-state index contributed by atoms with van der Waals surface area (Å²) in [6.45, 7) is 2.56. The molecule has 0 atom stereocenters. The molecule has 3 nitrogen and oxygen atoms in total. The van der Waals surface area contributed by atoms with E-state index in [9.17, 15) is 0 Å². The van der Waals surface area contributed by atoms with Crippen molar-refractivity contribution in [2.24, 2.45) is 5.73 Å². The van der Waals surface area contributed by atoms with Crippen molar-refractivity contribution in [3.05, 3.63) is 27.2 Å². The average Bonchev–Trinajstić information content (AvgIpc) is 2.76. The molecule has 15 heavy (non-hydrogen) atoms. The zero-order valence-electron chi connectivity index (χ0n) is 8.29. The van der Waals surface area contributed by atoms with E-state index in [1.807, 2.05) is 18.4 Å². The van der Waals surface area contributed by atoms with E-state index in [1.165, 1.54) is 0 Å². The zero-order chi connectivity index (χ0) is 10.8. The quantitative estimate of drug-likeness (QED) is 0.944. The second kappa shape index (κ2) is 4.47. The third-order valence-electron chi connectivity index (χ3n) is 2.17. The van der Waals surface area contributed by atoms with E-state index in [1.54, 1.807) is 11.3 Å². The minimum absolute atomic E-state index is 0.613. The van der Waals surface area contributed by atoms with Crippen molar-refractivity contribution in [2.45, 2.75) is 13.3 Å². The maximum Gasteiger partial charge on any atom is 0.180 e. The molecule has 0 aliphatic carbocycles. The second-order valence-corrected chi connectivity index (χ2v) is 5.07. The van der Waals surface area contributed by atoms with Crippen LogP contribution in [-0.2, 0) is 6.42 Å². The highest BCUT2D eigenvalue weighted by Gasteiger charge is 2.15. The molecule has 0 aromatic carbocycles. The largest absolute Gasteiger partial charge is 0.355 e. The van der Waals surface area contributed by atoms with Gasteiger partial charge in [0, 0.05) is 15.4 Å². The fourth-order valence-corrected chi connectivity index (χ4v) is 2.88. The lowest BCUT2D eigenvalue weighted by molar-refractivity contribution is 0.427. The van der Waals surface area contributed by atoms with E-state index < -0.39 is 0 Å². The summed E-state index contributed by atoms with van der Waals surface area (Å²) < 4.78 is 6.40. The summed E-state index contributed by atoms with van der Waals surface area (Å²) in [5, 5.41) is 6.01. The van der Waals surface area contributed by atoms with Crippen molar-refractivity contribution in [1.82, 2.24) is 5.16 Å². The average molecular weight is 287 g/mol. The third kappa shape index (κ3) is 2.14. The maximum atomic E-state index is 5.57. The first-order valence-electron chi connectivity index (χ1n) is 4.62. The van der Waals surface area contributed by atoms with Crippen LogP contribution in [0.3, 0.4) is 0 Å². The lowest BCUT2D eigenvalue weighted by Crippen LogP contribution is -2.03. The van der Waals surface area contributed by atoms with Crippen LogP contribution >= 0.6 is 27.3 Å². The molecule has 2 aromatic rings. The fourth-order valence-electron chi connectivity index (χ4n) is 1.45. The predicted octanol–water partition coefficient (Wildman–Crippen LogP) is 2.98. The van der Waals surface area contributed by atoms with Gasteiger partial charge in [0.1, 0.15) is 0 Å². The van der Waals surface area contributed by atoms with Crippen LogP contribution in [0, 0.1) is 6.92 Å². The topological polar surface area (TPSA) is 52.0 Å². The number of rotatable bonds is 3. The van der Waals surface area contributed by atoms with Gasteiger partial charge in [0.25, 0.3) is 0 Å². The predicted molar refractivity (Wildman–Crippen MR) is 65.0 cm³/mol. The number of aryl methyl sites for hydroxylation is 1. The number of nitrogens with zero attached hydrogens (tertiary/aromatic N) is 1.